The van der Waals surface area contributed by atoms with Crippen LogP contribution >= 0.6 is 0 Å². The highest BCUT2D eigenvalue weighted by atomic mass is 32.2. The summed E-state index contributed by atoms with van der Waals surface area (Å²) in [5.74, 6) is 0. The number of nitrogens with zero attached hydrogens (tertiary/aromatic N) is 4. The van der Waals surface area contributed by atoms with Crippen molar-refractivity contribution in [1.82, 2.24) is 14.1 Å². The number of rotatable bonds is 12. The van der Waals surface area contributed by atoms with Gasteiger partial charge in [0.2, 0.25) is 10.0 Å². The lowest BCUT2D eigenvalue weighted by atomic mass is 9.95. The number of unbranched alkanes of at least 4 members (excludes halogenated alkanes) is 2. The van der Waals surface area contributed by atoms with Crippen molar-refractivity contribution in [1.29, 1.82) is 5.26 Å². The molecular formula is C28H40N4O2S. The molecule has 0 amide bonds. The van der Waals surface area contributed by atoms with Crippen molar-refractivity contribution >= 4 is 10.0 Å². The van der Waals surface area contributed by atoms with Crippen molar-refractivity contribution in [3.63, 3.8) is 0 Å². The van der Waals surface area contributed by atoms with Gasteiger partial charge in [0.25, 0.3) is 0 Å². The van der Waals surface area contributed by atoms with Gasteiger partial charge < -0.3 is 0 Å². The van der Waals surface area contributed by atoms with Crippen LogP contribution in [0.4, 0.5) is 0 Å². The van der Waals surface area contributed by atoms with Gasteiger partial charge in [-0.05, 0) is 36.1 Å². The fourth-order valence-electron chi connectivity index (χ4n) is 4.87. The van der Waals surface area contributed by atoms with Crippen LogP contribution in [0.5, 0.6) is 0 Å². The van der Waals surface area contributed by atoms with Gasteiger partial charge in [-0.2, -0.15) is 9.57 Å². The zero-order valence-corrected chi connectivity index (χ0v) is 22.3. The lowest BCUT2D eigenvalue weighted by Crippen LogP contribution is -2.49. The van der Waals surface area contributed by atoms with Crippen molar-refractivity contribution < 1.29 is 8.42 Å². The minimum atomic E-state index is -3.27. The summed E-state index contributed by atoms with van der Waals surface area (Å²) in [6.45, 7) is 9.71. The predicted octanol–water partition coefficient (Wildman–Crippen LogP) is 4.57. The Hall–Kier alpha value is -2.24. The summed E-state index contributed by atoms with van der Waals surface area (Å²) in [7, 11) is -3.27. The molecule has 190 valence electrons. The number of hydrogen-bond acceptors (Lipinski definition) is 5. The van der Waals surface area contributed by atoms with Gasteiger partial charge in [-0.3, -0.25) is 9.80 Å². The molecule has 0 bridgehead atoms. The molecule has 1 heterocycles. The molecule has 0 saturated carbocycles. The van der Waals surface area contributed by atoms with E-state index in [1.165, 1.54) is 31.1 Å². The summed E-state index contributed by atoms with van der Waals surface area (Å²) in [4.78, 5) is 4.96. The topological polar surface area (TPSA) is 67.7 Å². The molecule has 1 unspecified atom stereocenters. The monoisotopic (exact) mass is 496 g/mol. The van der Waals surface area contributed by atoms with E-state index in [2.05, 4.69) is 34.9 Å². The van der Waals surface area contributed by atoms with Crippen LogP contribution in [-0.2, 0) is 16.6 Å². The van der Waals surface area contributed by atoms with Gasteiger partial charge in [-0.1, -0.05) is 68.7 Å². The molecule has 2 aromatic carbocycles. The molecule has 7 heteroatoms. The van der Waals surface area contributed by atoms with E-state index < -0.39 is 10.0 Å². The third kappa shape index (κ3) is 8.15. The van der Waals surface area contributed by atoms with Crippen LogP contribution in [0.15, 0.2) is 48.5 Å². The minimum absolute atomic E-state index is 0.362. The molecule has 0 radical (unpaired) electrons. The van der Waals surface area contributed by atoms with Crippen LogP contribution in [0.3, 0.4) is 0 Å². The molecule has 0 aromatic heterocycles. The molecule has 1 atom stereocenters. The highest BCUT2D eigenvalue weighted by molar-refractivity contribution is 7.88. The van der Waals surface area contributed by atoms with Gasteiger partial charge in [0.15, 0.2) is 0 Å². The quantitative estimate of drug-likeness (QED) is 0.403. The molecular weight excluding hydrogens is 456 g/mol. The maximum Gasteiger partial charge on any atom is 0.211 e. The highest BCUT2D eigenvalue weighted by Gasteiger charge is 2.26. The van der Waals surface area contributed by atoms with Crippen LogP contribution in [0.25, 0.3) is 0 Å². The Kier molecular flexibility index (Phi) is 10.3. The van der Waals surface area contributed by atoms with Crippen molar-refractivity contribution in [2.24, 2.45) is 0 Å². The van der Waals surface area contributed by atoms with E-state index in [0.717, 1.165) is 55.8 Å². The second-order valence-corrected chi connectivity index (χ2v) is 11.6. The molecule has 1 saturated heterocycles. The number of piperazine rings is 1. The summed E-state index contributed by atoms with van der Waals surface area (Å²) in [6, 6.07) is 18.7. The van der Waals surface area contributed by atoms with Crippen LogP contribution in [0.1, 0.15) is 60.9 Å². The molecule has 6 nitrogen and oxygen atoms in total. The van der Waals surface area contributed by atoms with E-state index in [9.17, 15) is 13.7 Å². The lowest BCUT2D eigenvalue weighted by molar-refractivity contribution is 0.0877. The first-order valence-corrected chi connectivity index (χ1v) is 14.6. The minimum Gasteiger partial charge on any atom is -0.299 e. The molecule has 35 heavy (non-hydrogen) atoms. The fourth-order valence-corrected chi connectivity index (χ4v) is 5.66. The summed E-state index contributed by atoms with van der Waals surface area (Å²) < 4.78 is 26.4. The molecule has 1 aliphatic rings. The Morgan fingerprint density at radius 2 is 1.77 bits per heavy atom. The average molecular weight is 497 g/mol. The van der Waals surface area contributed by atoms with Crippen molar-refractivity contribution in [3.8, 4) is 6.07 Å². The van der Waals surface area contributed by atoms with Gasteiger partial charge in [0.1, 0.15) is 0 Å². The predicted molar refractivity (Wildman–Crippen MR) is 142 cm³/mol. The first-order valence-electron chi connectivity index (χ1n) is 12.8. The second kappa shape index (κ2) is 13.2. The zero-order valence-electron chi connectivity index (χ0n) is 21.5. The summed E-state index contributed by atoms with van der Waals surface area (Å²) in [5, 5.41) is 9.31. The Balaban J connectivity index is 1.60. The Labute approximate surface area is 212 Å². The van der Waals surface area contributed by atoms with Gasteiger partial charge in [-0.15, -0.1) is 0 Å². The first-order chi connectivity index (χ1) is 16.8. The van der Waals surface area contributed by atoms with E-state index in [-0.39, 0.29) is 0 Å². The summed E-state index contributed by atoms with van der Waals surface area (Å²) in [5.41, 5.74) is 4.10. The lowest BCUT2D eigenvalue weighted by Gasteiger charge is -2.40. The molecule has 3 rings (SSSR count). The van der Waals surface area contributed by atoms with Gasteiger partial charge >= 0.3 is 0 Å². The number of aryl methyl sites for hydroxylation is 1. The Morgan fingerprint density at radius 1 is 1.06 bits per heavy atom. The molecule has 0 spiro atoms. The highest BCUT2D eigenvalue weighted by Crippen LogP contribution is 2.29. The largest absolute Gasteiger partial charge is 0.299 e. The molecule has 1 fully saturated rings. The molecule has 2 aromatic rings. The van der Waals surface area contributed by atoms with Crippen LogP contribution < -0.4 is 0 Å². The van der Waals surface area contributed by atoms with E-state index in [1.807, 2.05) is 43.3 Å². The SMILES string of the molecule is CCCCCC(c1ccc(C#N)c(C)c1)N1CCN(CCN(Cc2ccccc2)S(C)(=O)=O)CC1. The number of hydrogen-bond donors (Lipinski definition) is 0. The molecule has 1 aliphatic heterocycles. The van der Waals surface area contributed by atoms with Crippen molar-refractivity contribution in [2.45, 2.75) is 52.1 Å². The first kappa shape index (κ1) is 27.3. The van der Waals surface area contributed by atoms with Crippen LogP contribution in [-0.4, -0.2) is 68.0 Å². The summed E-state index contributed by atoms with van der Waals surface area (Å²) in [6.07, 6.45) is 6.05. The average Bonchev–Trinajstić information content (AvgIpc) is 2.85. The maximum atomic E-state index is 12.4. The number of sulfonamides is 1. The van der Waals surface area contributed by atoms with Crippen molar-refractivity contribution in [2.75, 3.05) is 45.5 Å². The second-order valence-electron chi connectivity index (χ2n) is 9.66. The fraction of sp³-hybridized carbons (Fsp3) is 0.536. The normalized spacial score (nSPS) is 16.3. The number of nitriles is 1. The van der Waals surface area contributed by atoms with E-state index in [4.69, 9.17) is 0 Å². The third-order valence-electron chi connectivity index (χ3n) is 7.02. The van der Waals surface area contributed by atoms with Gasteiger partial charge in [0, 0.05) is 51.9 Å². The van der Waals surface area contributed by atoms with Crippen LogP contribution in [0.2, 0.25) is 0 Å². The zero-order chi connectivity index (χ0) is 25.3. The maximum absolute atomic E-state index is 12.4. The van der Waals surface area contributed by atoms with E-state index in [1.54, 1.807) is 4.31 Å². The van der Waals surface area contributed by atoms with Crippen LogP contribution in [0, 0.1) is 18.3 Å². The van der Waals surface area contributed by atoms with E-state index >= 15 is 0 Å². The standard InChI is InChI=1S/C28H40N4O2S/c1-4-5-7-12-28(26-13-14-27(22-29)24(2)21-26)31-18-15-30(16-19-31)17-20-32(35(3,33)34)23-25-10-8-6-9-11-25/h6,8-11,13-14,21,28H,4-5,7,12,15-20,23H2,1-3H3. The Bertz CT molecular complexity index is 1070. The molecule has 0 N–H and O–H groups in total. The summed E-state index contributed by atoms with van der Waals surface area (Å²) >= 11 is 0. The van der Waals surface area contributed by atoms with Gasteiger partial charge in [-0.25, -0.2) is 8.42 Å². The smallest absolute Gasteiger partial charge is 0.211 e. The Morgan fingerprint density at radius 3 is 2.37 bits per heavy atom. The number of benzene rings is 2. The van der Waals surface area contributed by atoms with Gasteiger partial charge in [0.05, 0.1) is 17.9 Å². The van der Waals surface area contributed by atoms with E-state index in [0.29, 0.717) is 19.1 Å². The molecule has 0 aliphatic carbocycles. The third-order valence-corrected chi connectivity index (χ3v) is 8.27. The van der Waals surface area contributed by atoms with Crippen molar-refractivity contribution in [3.05, 3.63) is 70.8 Å².